The molecule has 0 saturated carbocycles. The Labute approximate surface area is 107 Å². The maximum Gasteiger partial charge on any atom is 0.240 e. The molecule has 0 saturated heterocycles. The number of carbonyl (C=O) groups excluding carboxylic acids is 1. The Morgan fingerprint density at radius 2 is 2.39 bits per heavy atom. The van der Waals surface area contributed by atoms with Crippen LogP contribution >= 0.6 is 0 Å². The highest BCUT2D eigenvalue weighted by Gasteiger charge is 2.30. The molecule has 0 aliphatic carbocycles. The van der Waals surface area contributed by atoms with E-state index in [0.29, 0.717) is 0 Å². The van der Waals surface area contributed by atoms with Gasteiger partial charge in [0.2, 0.25) is 5.91 Å². The molecular weight excluding hydrogens is 228 g/mol. The predicted molar refractivity (Wildman–Crippen MR) is 66.6 cm³/mol. The lowest BCUT2D eigenvalue weighted by Crippen LogP contribution is -2.46. The van der Waals surface area contributed by atoms with Gasteiger partial charge in [0.1, 0.15) is 11.2 Å². The van der Waals surface area contributed by atoms with Crippen LogP contribution in [0.1, 0.15) is 31.8 Å². The van der Waals surface area contributed by atoms with Gasteiger partial charge in [0.25, 0.3) is 0 Å². The van der Waals surface area contributed by atoms with Gasteiger partial charge in [0.15, 0.2) is 0 Å². The molecule has 0 radical (unpaired) electrons. The molecule has 0 bridgehead atoms. The number of nitrogens with zero attached hydrogens (tertiary/aromatic N) is 3. The van der Waals surface area contributed by atoms with Crippen LogP contribution in [0.2, 0.25) is 0 Å². The molecule has 5 heteroatoms. The van der Waals surface area contributed by atoms with E-state index in [2.05, 4.69) is 14.9 Å². The molecule has 0 fully saturated rings. The van der Waals surface area contributed by atoms with Crippen molar-refractivity contribution in [3.63, 3.8) is 0 Å². The molecule has 1 aliphatic rings. The third kappa shape index (κ3) is 2.37. The predicted octanol–water partition coefficient (Wildman–Crippen LogP) is 1.17. The lowest BCUT2D eigenvalue weighted by molar-refractivity contribution is -0.127. The van der Waals surface area contributed by atoms with E-state index in [9.17, 15) is 4.79 Å². The SMILES string of the molecule is Cc1cn2c(n1)CC[C@@H](NC(=O)C(C)(C)C#N)C2. The summed E-state index contributed by atoms with van der Waals surface area (Å²) in [4.78, 5) is 16.4. The minimum absolute atomic E-state index is 0.0891. The zero-order valence-corrected chi connectivity index (χ0v) is 11.0. The molecule has 2 heterocycles. The minimum atomic E-state index is -0.967. The first-order valence-electron chi connectivity index (χ1n) is 6.17. The van der Waals surface area contributed by atoms with Gasteiger partial charge in [-0.05, 0) is 27.2 Å². The molecule has 96 valence electrons. The summed E-state index contributed by atoms with van der Waals surface area (Å²) in [7, 11) is 0. The van der Waals surface area contributed by atoms with Crippen LogP contribution in [0.3, 0.4) is 0 Å². The summed E-state index contributed by atoms with van der Waals surface area (Å²) in [5.74, 6) is 0.882. The molecule has 1 N–H and O–H groups in total. The molecule has 0 spiro atoms. The number of aromatic nitrogens is 2. The van der Waals surface area contributed by atoms with Crippen molar-refractivity contribution in [2.24, 2.45) is 5.41 Å². The number of fused-ring (bicyclic) bond motifs is 1. The average Bonchev–Trinajstić information content (AvgIpc) is 2.68. The monoisotopic (exact) mass is 246 g/mol. The Balaban J connectivity index is 2.02. The first-order chi connectivity index (χ1) is 8.42. The number of nitrogens with one attached hydrogen (secondary N) is 1. The van der Waals surface area contributed by atoms with Gasteiger partial charge in [-0.2, -0.15) is 5.26 Å². The van der Waals surface area contributed by atoms with Gasteiger partial charge in [-0.25, -0.2) is 4.98 Å². The third-order valence-corrected chi connectivity index (χ3v) is 3.30. The summed E-state index contributed by atoms with van der Waals surface area (Å²) in [6.07, 6.45) is 3.75. The lowest BCUT2D eigenvalue weighted by atomic mass is 9.93. The fraction of sp³-hybridized carbons (Fsp3) is 0.615. The van der Waals surface area contributed by atoms with E-state index in [4.69, 9.17) is 5.26 Å². The van der Waals surface area contributed by atoms with Crippen molar-refractivity contribution in [1.29, 1.82) is 5.26 Å². The molecule has 18 heavy (non-hydrogen) atoms. The topological polar surface area (TPSA) is 70.7 Å². The molecule has 5 nitrogen and oxygen atoms in total. The van der Waals surface area contributed by atoms with Crippen LogP contribution in [0.25, 0.3) is 0 Å². The normalized spacial score (nSPS) is 18.9. The van der Waals surface area contributed by atoms with Crippen molar-refractivity contribution < 1.29 is 4.79 Å². The van der Waals surface area contributed by atoms with Crippen LogP contribution in [-0.4, -0.2) is 21.5 Å². The van der Waals surface area contributed by atoms with Crippen molar-refractivity contribution in [3.05, 3.63) is 17.7 Å². The van der Waals surface area contributed by atoms with E-state index < -0.39 is 5.41 Å². The third-order valence-electron chi connectivity index (χ3n) is 3.30. The smallest absolute Gasteiger partial charge is 0.240 e. The zero-order valence-electron chi connectivity index (χ0n) is 11.0. The van der Waals surface area contributed by atoms with Crippen molar-refractivity contribution in [3.8, 4) is 6.07 Å². The molecular formula is C13H18N4O. The van der Waals surface area contributed by atoms with E-state index >= 15 is 0 Å². The van der Waals surface area contributed by atoms with Crippen LogP contribution in [0.4, 0.5) is 0 Å². The summed E-state index contributed by atoms with van der Waals surface area (Å²) in [6.45, 7) is 5.98. The van der Waals surface area contributed by atoms with Crippen LogP contribution in [0, 0.1) is 23.7 Å². The van der Waals surface area contributed by atoms with Gasteiger partial charge in [0, 0.05) is 25.2 Å². The number of amides is 1. The van der Waals surface area contributed by atoms with Crippen LogP contribution in [-0.2, 0) is 17.8 Å². The number of rotatable bonds is 2. The zero-order chi connectivity index (χ0) is 13.3. The second-order valence-electron chi connectivity index (χ2n) is 5.40. The number of aryl methyl sites for hydroxylation is 2. The lowest BCUT2D eigenvalue weighted by Gasteiger charge is -2.27. The highest BCUT2D eigenvalue weighted by molar-refractivity contribution is 5.84. The highest BCUT2D eigenvalue weighted by atomic mass is 16.2. The van der Waals surface area contributed by atoms with Gasteiger partial charge >= 0.3 is 0 Å². The molecule has 1 amide bonds. The van der Waals surface area contributed by atoms with E-state index in [1.165, 1.54) is 0 Å². The standard InChI is InChI=1S/C13H18N4O/c1-9-6-17-7-10(4-5-11(17)15-9)16-12(18)13(2,3)8-14/h6,10H,4-5,7H2,1-3H3,(H,16,18)/t10-/m1/s1. The molecule has 1 aromatic rings. The Kier molecular flexibility index (Phi) is 3.12. The summed E-state index contributed by atoms with van der Waals surface area (Å²) < 4.78 is 2.09. The Bertz CT molecular complexity index is 510. The minimum Gasteiger partial charge on any atom is -0.350 e. The van der Waals surface area contributed by atoms with Crippen LogP contribution in [0.15, 0.2) is 6.20 Å². The maximum atomic E-state index is 11.9. The fourth-order valence-electron chi connectivity index (χ4n) is 2.12. The van der Waals surface area contributed by atoms with Gasteiger partial charge in [0.05, 0.1) is 11.8 Å². The van der Waals surface area contributed by atoms with Crippen molar-refractivity contribution >= 4 is 5.91 Å². The van der Waals surface area contributed by atoms with Gasteiger partial charge < -0.3 is 9.88 Å². The number of nitriles is 1. The van der Waals surface area contributed by atoms with Crippen LogP contribution < -0.4 is 5.32 Å². The number of imidazole rings is 1. The summed E-state index contributed by atoms with van der Waals surface area (Å²) in [5.41, 5.74) is 0.0415. The van der Waals surface area contributed by atoms with Crippen molar-refractivity contribution in [1.82, 2.24) is 14.9 Å². The molecule has 0 aromatic carbocycles. The van der Waals surface area contributed by atoms with Crippen molar-refractivity contribution in [2.75, 3.05) is 0 Å². The molecule has 1 aliphatic heterocycles. The first kappa shape index (κ1) is 12.6. The highest BCUT2D eigenvalue weighted by Crippen LogP contribution is 2.18. The fourth-order valence-corrected chi connectivity index (χ4v) is 2.12. The second kappa shape index (κ2) is 4.45. The second-order valence-corrected chi connectivity index (χ2v) is 5.40. The average molecular weight is 246 g/mol. The summed E-state index contributed by atoms with van der Waals surface area (Å²) in [6, 6.07) is 2.11. The summed E-state index contributed by atoms with van der Waals surface area (Å²) >= 11 is 0. The van der Waals surface area contributed by atoms with Gasteiger partial charge in [-0.1, -0.05) is 0 Å². The van der Waals surface area contributed by atoms with Gasteiger partial charge in [-0.3, -0.25) is 4.79 Å². The molecule has 1 aromatic heterocycles. The quantitative estimate of drug-likeness (QED) is 0.851. The van der Waals surface area contributed by atoms with E-state index in [1.54, 1.807) is 13.8 Å². The first-order valence-corrected chi connectivity index (χ1v) is 6.17. The van der Waals surface area contributed by atoms with Crippen molar-refractivity contribution in [2.45, 2.75) is 46.2 Å². The number of hydrogen-bond acceptors (Lipinski definition) is 3. The molecule has 1 atom stereocenters. The summed E-state index contributed by atoms with van der Waals surface area (Å²) in [5, 5.41) is 11.9. The largest absolute Gasteiger partial charge is 0.350 e. The van der Waals surface area contributed by atoms with E-state index in [-0.39, 0.29) is 11.9 Å². The van der Waals surface area contributed by atoms with E-state index in [1.807, 2.05) is 19.2 Å². The maximum absolute atomic E-state index is 11.9. The molecule has 2 rings (SSSR count). The number of carbonyl (C=O) groups is 1. The number of hydrogen-bond donors (Lipinski definition) is 1. The van der Waals surface area contributed by atoms with E-state index in [0.717, 1.165) is 30.9 Å². The molecule has 0 unspecified atom stereocenters. The Morgan fingerprint density at radius 1 is 1.67 bits per heavy atom. The van der Waals surface area contributed by atoms with Gasteiger partial charge in [-0.15, -0.1) is 0 Å². The van der Waals surface area contributed by atoms with Crippen LogP contribution in [0.5, 0.6) is 0 Å². The Hall–Kier alpha value is -1.83. The Morgan fingerprint density at radius 3 is 3.06 bits per heavy atom.